The van der Waals surface area contributed by atoms with Crippen LogP contribution in [0.3, 0.4) is 0 Å². The molecule has 0 saturated heterocycles. The van der Waals surface area contributed by atoms with Gasteiger partial charge < -0.3 is 25.5 Å². The average Bonchev–Trinajstić information content (AvgIpc) is 2.18. The van der Waals surface area contributed by atoms with Gasteiger partial charge in [0, 0.05) is 6.42 Å². The van der Waals surface area contributed by atoms with E-state index in [0.717, 1.165) is 0 Å². The van der Waals surface area contributed by atoms with E-state index in [1.807, 2.05) is 0 Å². The van der Waals surface area contributed by atoms with Crippen LogP contribution < -0.4 is 0 Å². The van der Waals surface area contributed by atoms with Crippen molar-refractivity contribution in [3.8, 4) is 0 Å². The molecule has 5 nitrogen and oxygen atoms in total. The molecular formula is C10H14O5. The molecule has 1 aromatic carbocycles. The molecule has 84 valence electrons. The zero-order valence-electron chi connectivity index (χ0n) is 8.04. The van der Waals surface area contributed by atoms with Crippen molar-refractivity contribution in [2.24, 2.45) is 0 Å². The van der Waals surface area contributed by atoms with Gasteiger partial charge in [0.05, 0.1) is 0 Å². The first-order valence-electron chi connectivity index (χ1n) is 4.43. The third-order valence-electron chi connectivity index (χ3n) is 2.16. The van der Waals surface area contributed by atoms with Gasteiger partial charge in [-0.05, 0) is 5.56 Å². The Bertz CT molecular complexity index is 307. The molecule has 0 unspecified atom stereocenters. The van der Waals surface area contributed by atoms with Gasteiger partial charge in [-0.2, -0.15) is 0 Å². The Balaban J connectivity index is 2.81. The summed E-state index contributed by atoms with van der Waals surface area (Å²) in [4.78, 5) is 0. The van der Waals surface area contributed by atoms with Gasteiger partial charge in [-0.1, -0.05) is 30.3 Å². The molecule has 1 rings (SSSR count). The Morgan fingerprint density at radius 3 is 1.87 bits per heavy atom. The minimum Gasteiger partial charge on any atom is -0.391 e. The van der Waals surface area contributed by atoms with E-state index in [2.05, 4.69) is 0 Å². The molecule has 0 heterocycles. The molecule has 0 fully saturated rings. The lowest BCUT2D eigenvalue weighted by Gasteiger charge is -2.33. The van der Waals surface area contributed by atoms with Crippen molar-refractivity contribution >= 4 is 0 Å². The van der Waals surface area contributed by atoms with Gasteiger partial charge in [0.1, 0.15) is 6.61 Å². The standard InChI is InChI=1S/C10H14O5/c11-7-10(14,15)9(12,13)6-8-4-2-1-3-5-8/h1-5,11-15H,6-7H2. The Hall–Kier alpha value is -0.980. The van der Waals surface area contributed by atoms with E-state index in [-0.39, 0.29) is 6.42 Å². The molecule has 0 atom stereocenters. The van der Waals surface area contributed by atoms with Crippen LogP contribution in [0.5, 0.6) is 0 Å². The fraction of sp³-hybridized carbons (Fsp3) is 0.400. The van der Waals surface area contributed by atoms with E-state index in [9.17, 15) is 10.2 Å². The molecule has 5 N–H and O–H groups in total. The Labute approximate surface area is 86.9 Å². The van der Waals surface area contributed by atoms with Crippen molar-refractivity contribution < 1.29 is 25.5 Å². The van der Waals surface area contributed by atoms with E-state index in [1.54, 1.807) is 30.3 Å². The van der Waals surface area contributed by atoms with Crippen molar-refractivity contribution in [1.82, 2.24) is 0 Å². The van der Waals surface area contributed by atoms with Crippen molar-refractivity contribution in [3.05, 3.63) is 35.9 Å². The van der Waals surface area contributed by atoms with E-state index in [0.29, 0.717) is 5.56 Å². The van der Waals surface area contributed by atoms with Gasteiger partial charge in [-0.25, -0.2) is 0 Å². The van der Waals surface area contributed by atoms with Gasteiger partial charge in [0.15, 0.2) is 0 Å². The summed E-state index contributed by atoms with van der Waals surface area (Å²) >= 11 is 0. The van der Waals surface area contributed by atoms with Crippen molar-refractivity contribution in [3.63, 3.8) is 0 Å². The maximum atomic E-state index is 9.39. The van der Waals surface area contributed by atoms with Crippen molar-refractivity contribution in [1.29, 1.82) is 0 Å². The molecular weight excluding hydrogens is 200 g/mol. The summed E-state index contributed by atoms with van der Waals surface area (Å²) in [6.45, 7) is -1.16. The molecule has 1 aromatic rings. The van der Waals surface area contributed by atoms with Crippen LogP contribution in [-0.2, 0) is 6.42 Å². The molecule has 0 amide bonds. The molecule has 0 aliphatic carbocycles. The Morgan fingerprint density at radius 2 is 1.40 bits per heavy atom. The normalized spacial score (nSPS) is 12.9. The Morgan fingerprint density at radius 1 is 0.867 bits per heavy atom. The van der Waals surface area contributed by atoms with E-state index in [1.165, 1.54) is 0 Å². The molecule has 0 aromatic heterocycles. The quantitative estimate of drug-likeness (QED) is 0.396. The van der Waals surface area contributed by atoms with Gasteiger partial charge in [-0.15, -0.1) is 0 Å². The van der Waals surface area contributed by atoms with E-state index in [4.69, 9.17) is 15.3 Å². The van der Waals surface area contributed by atoms with Crippen LogP contribution in [0.1, 0.15) is 5.56 Å². The number of hydrogen-bond acceptors (Lipinski definition) is 5. The highest BCUT2D eigenvalue weighted by molar-refractivity contribution is 5.16. The maximum absolute atomic E-state index is 9.39. The smallest absolute Gasteiger partial charge is 0.242 e. The first-order chi connectivity index (χ1) is 6.89. The zero-order chi connectivity index (χ0) is 11.5. The molecule has 0 bridgehead atoms. The van der Waals surface area contributed by atoms with Gasteiger partial charge in [-0.3, -0.25) is 0 Å². The summed E-state index contributed by atoms with van der Waals surface area (Å²) in [6.07, 6.45) is -0.388. The molecule has 0 radical (unpaired) electrons. The summed E-state index contributed by atoms with van der Waals surface area (Å²) in [6, 6.07) is 8.32. The largest absolute Gasteiger partial charge is 0.391 e. The second-order valence-electron chi connectivity index (χ2n) is 3.45. The predicted molar refractivity (Wildman–Crippen MR) is 51.6 cm³/mol. The maximum Gasteiger partial charge on any atom is 0.242 e. The third-order valence-corrected chi connectivity index (χ3v) is 2.16. The van der Waals surface area contributed by atoms with Crippen LogP contribution in [0.4, 0.5) is 0 Å². The van der Waals surface area contributed by atoms with Crippen molar-refractivity contribution in [2.75, 3.05) is 6.61 Å². The lowest BCUT2D eigenvalue weighted by molar-refractivity contribution is -0.364. The van der Waals surface area contributed by atoms with Gasteiger partial charge >= 0.3 is 0 Å². The van der Waals surface area contributed by atoms with Crippen LogP contribution >= 0.6 is 0 Å². The minimum atomic E-state index is -2.94. The number of aliphatic hydroxyl groups is 5. The second-order valence-corrected chi connectivity index (χ2v) is 3.45. The average molecular weight is 214 g/mol. The second kappa shape index (κ2) is 4.26. The molecule has 0 aliphatic heterocycles. The molecule has 5 heteroatoms. The SMILES string of the molecule is OCC(O)(O)C(O)(O)Cc1ccccc1. The van der Waals surface area contributed by atoms with Crippen LogP contribution in [0.25, 0.3) is 0 Å². The lowest BCUT2D eigenvalue weighted by atomic mass is 9.98. The number of benzene rings is 1. The zero-order valence-corrected chi connectivity index (χ0v) is 8.04. The number of aliphatic hydroxyl groups excluding tert-OH is 1. The minimum absolute atomic E-state index is 0.388. The van der Waals surface area contributed by atoms with Crippen LogP contribution in [0, 0.1) is 0 Å². The summed E-state index contributed by atoms with van der Waals surface area (Å²) in [5.41, 5.74) is 0.517. The molecule has 15 heavy (non-hydrogen) atoms. The number of rotatable bonds is 4. The van der Waals surface area contributed by atoms with E-state index >= 15 is 0 Å². The summed E-state index contributed by atoms with van der Waals surface area (Å²) in [7, 11) is 0. The first kappa shape index (κ1) is 12.1. The third kappa shape index (κ3) is 2.74. The molecule has 0 aliphatic rings. The highest BCUT2D eigenvalue weighted by Gasteiger charge is 2.46. The fourth-order valence-electron chi connectivity index (χ4n) is 1.15. The van der Waals surface area contributed by atoms with Crippen LogP contribution in [0.2, 0.25) is 0 Å². The fourth-order valence-corrected chi connectivity index (χ4v) is 1.15. The highest BCUT2D eigenvalue weighted by Crippen LogP contribution is 2.21. The van der Waals surface area contributed by atoms with Gasteiger partial charge in [0.2, 0.25) is 11.6 Å². The first-order valence-corrected chi connectivity index (χ1v) is 4.43. The highest BCUT2D eigenvalue weighted by atomic mass is 16.6. The monoisotopic (exact) mass is 214 g/mol. The Kier molecular flexibility index (Phi) is 3.43. The van der Waals surface area contributed by atoms with Crippen molar-refractivity contribution in [2.45, 2.75) is 18.0 Å². The summed E-state index contributed by atoms with van der Waals surface area (Å²) in [5, 5.41) is 45.6. The lowest BCUT2D eigenvalue weighted by Crippen LogP contribution is -2.58. The number of hydrogen-bond donors (Lipinski definition) is 5. The van der Waals surface area contributed by atoms with Crippen LogP contribution in [0.15, 0.2) is 30.3 Å². The molecule has 0 spiro atoms. The summed E-state index contributed by atoms with van der Waals surface area (Å²) in [5.74, 6) is -5.73. The van der Waals surface area contributed by atoms with Crippen LogP contribution in [-0.4, -0.2) is 43.7 Å². The summed E-state index contributed by atoms with van der Waals surface area (Å²) < 4.78 is 0. The molecule has 0 saturated carbocycles. The predicted octanol–water partition coefficient (Wildman–Crippen LogP) is -1.42. The van der Waals surface area contributed by atoms with E-state index < -0.39 is 18.2 Å². The van der Waals surface area contributed by atoms with Gasteiger partial charge in [0.25, 0.3) is 0 Å². The topological polar surface area (TPSA) is 101 Å².